The fourth-order valence-corrected chi connectivity index (χ4v) is 8.44. The Balaban J connectivity index is 1.45. The standard InChI is InChI=1S/C44H42N8O10S/c1-29(55)47-17-21-49(22-18-47)39(57)15-11-31-9-13-37(43(51(59)60)41(31)33-5-3-7-35(25-33)45-27-53)63-38-14-10-32(12-16-40(58)50-23-19-48(20-24-50)30(2)56)42(44(38)52(61)62)34-6-4-8-36(26-34)46-28-54/h3-16,25-28H,17-24H2,1-2H3,(H,45,53)(H,46,54)/b15-11+,16-12+. The summed E-state index contributed by atoms with van der Waals surface area (Å²) >= 11 is 0.771. The highest BCUT2D eigenvalue weighted by Gasteiger charge is 2.31. The number of nitro benzene ring substituents is 2. The molecule has 6 rings (SSSR count). The van der Waals surface area contributed by atoms with Gasteiger partial charge >= 0.3 is 0 Å². The van der Waals surface area contributed by atoms with Crippen LogP contribution in [0.2, 0.25) is 0 Å². The molecule has 2 heterocycles. The molecule has 2 saturated heterocycles. The molecule has 0 unspecified atom stereocenters. The van der Waals surface area contributed by atoms with Crippen LogP contribution in [0.15, 0.2) is 94.7 Å². The summed E-state index contributed by atoms with van der Waals surface area (Å²) in [6, 6.07) is 18.6. The number of carbonyl (C=O) groups excluding carboxylic acids is 6. The van der Waals surface area contributed by atoms with Crippen LogP contribution in [0, 0.1) is 20.2 Å². The predicted octanol–water partition coefficient (Wildman–Crippen LogP) is 5.53. The molecule has 0 atom stereocenters. The van der Waals surface area contributed by atoms with Crippen LogP contribution in [0.3, 0.4) is 0 Å². The molecule has 2 aliphatic rings. The first kappa shape index (κ1) is 44.9. The maximum Gasteiger partial charge on any atom is 0.291 e. The normalized spacial score (nSPS) is 14.1. The lowest BCUT2D eigenvalue weighted by atomic mass is 9.96. The zero-order valence-electron chi connectivity index (χ0n) is 34.2. The molecule has 2 aliphatic heterocycles. The predicted molar refractivity (Wildman–Crippen MR) is 236 cm³/mol. The third-order valence-corrected chi connectivity index (χ3v) is 11.7. The lowest BCUT2D eigenvalue weighted by Crippen LogP contribution is -2.49. The molecule has 63 heavy (non-hydrogen) atoms. The second kappa shape index (κ2) is 20.3. The third-order valence-electron chi connectivity index (χ3n) is 10.6. The largest absolute Gasteiger partial charge is 0.339 e. The molecule has 18 nitrogen and oxygen atoms in total. The molecule has 0 aromatic heterocycles. The smallest absolute Gasteiger partial charge is 0.291 e. The van der Waals surface area contributed by atoms with Crippen LogP contribution in [0.4, 0.5) is 22.7 Å². The van der Waals surface area contributed by atoms with Crippen molar-refractivity contribution in [3.8, 4) is 22.3 Å². The number of hydrogen-bond donors (Lipinski definition) is 2. The summed E-state index contributed by atoms with van der Waals surface area (Å²) in [6.45, 7) is 5.55. The van der Waals surface area contributed by atoms with Crippen LogP contribution in [0.25, 0.3) is 34.4 Å². The number of piperazine rings is 2. The number of amides is 6. The van der Waals surface area contributed by atoms with Crippen LogP contribution >= 0.6 is 11.8 Å². The minimum absolute atomic E-state index is 0.0150. The Morgan fingerprint density at radius 2 is 0.937 bits per heavy atom. The van der Waals surface area contributed by atoms with E-state index < -0.39 is 21.2 Å². The second-order valence-corrected chi connectivity index (χ2v) is 15.5. The highest BCUT2D eigenvalue weighted by Crippen LogP contribution is 2.49. The van der Waals surface area contributed by atoms with Crippen LogP contribution < -0.4 is 10.6 Å². The Morgan fingerprint density at radius 3 is 1.27 bits per heavy atom. The average molecular weight is 875 g/mol. The molecule has 6 amide bonds. The van der Waals surface area contributed by atoms with E-state index >= 15 is 0 Å². The van der Waals surface area contributed by atoms with E-state index in [-0.39, 0.29) is 55.7 Å². The Bertz CT molecular complexity index is 2370. The van der Waals surface area contributed by atoms with Gasteiger partial charge in [0.1, 0.15) is 0 Å². The first-order chi connectivity index (χ1) is 30.3. The van der Waals surface area contributed by atoms with E-state index in [4.69, 9.17) is 0 Å². The van der Waals surface area contributed by atoms with E-state index in [2.05, 4.69) is 10.6 Å². The highest BCUT2D eigenvalue weighted by atomic mass is 32.2. The SMILES string of the molecule is CC(=O)N1CCN(C(=O)/C=C/c2ccc(Sc3ccc(/C=C/C(=O)N4CCN(C(C)=O)CC4)c(-c4cccc(NC=O)c4)c3[N+](=O)[O-])c([N+](=O)[O-])c2-c2cccc(NC=O)c2)CC1. The van der Waals surface area contributed by atoms with Crippen molar-refractivity contribution in [1.82, 2.24) is 19.6 Å². The number of nitro groups is 2. The van der Waals surface area contributed by atoms with Crippen molar-refractivity contribution in [2.45, 2.75) is 23.6 Å². The summed E-state index contributed by atoms with van der Waals surface area (Å²) in [5.74, 6) is -0.940. The van der Waals surface area contributed by atoms with Gasteiger partial charge in [0.15, 0.2) is 0 Å². The van der Waals surface area contributed by atoms with Crippen molar-refractivity contribution in [2.75, 3.05) is 63.0 Å². The molecule has 2 N–H and O–H groups in total. The first-order valence-electron chi connectivity index (χ1n) is 19.7. The molecule has 0 saturated carbocycles. The molecule has 19 heteroatoms. The van der Waals surface area contributed by atoms with Gasteiger partial charge < -0.3 is 30.2 Å². The molecule has 4 aromatic rings. The summed E-state index contributed by atoms with van der Waals surface area (Å²) in [4.78, 5) is 105. The maximum atomic E-state index is 13.3. The van der Waals surface area contributed by atoms with Gasteiger partial charge in [0.05, 0.1) is 30.8 Å². The fraction of sp³-hybridized carbons (Fsp3) is 0.227. The van der Waals surface area contributed by atoms with Gasteiger partial charge in [-0.1, -0.05) is 48.2 Å². The molecule has 4 aromatic carbocycles. The average Bonchev–Trinajstić information content (AvgIpc) is 3.27. The molecular formula is C44H42N8O10S. The number of hydrogen-bond acceptors (Lipinski definition) is 11. The summed E-state index contributed by atoms with van der Waals surface area (Å²) < 4.78 is 0. The number of nitrogens with zero attached hydrogens (tertiary/aromatic N) is 6. The van der Waals surface area contributed by atoms with Crippen LogP contribution in [0.1, 0.15) is 25.0 Å². The molecule has 0 aliphatic carbocycles. The van der Waals surface area contributed by atoms with E-state index in [0.717, 1.165) is 11.8 Å². The van der Waals surface area contributed by atoms with Gasteiger partial charge in [0, 0.05) is 89.7 Å². The Hall–Kier alpha value is -7.67. The molecule has 2 fully saturated rings. The number of carbonyl (C=O) groups is 6. The van der Waals surface area contributed by atoms with Crippen LogP contribution in [0.5, 0.6) is 0 Å². The minimum atomic E-state index is -0.613. The van der Waals surface area contributed by atoms with Crippen molar-refractivity contribution >= 4 is 83.1 Å². The Kier molecular flexibility index (Phi) is 14.4. The Labute approximate surface area is 365 Å². The van der Waals surface area contributed by atoms with Gasteiger partial charge in [-0.25, -0.2) is 0 Å². The molecular weight excluding hydrogens is 833 g/mol. The first-order valence-corrected chi connectivity index (χ1v) is 20.5. The van der Waals surface area contributed by atoms with E-state index in [1.54, 1.807) is 68.1 Å². The molecule has 0 bridgehead atoms. The van der Waals surface area contributed by atoms with Gasteiger partial charge in [-0.15, -0.1) is 0 Å². The summed E-state index contributed by atoms with van der Waals surface area (Å²) in [5.41, 5.74) is 1.10. The van der Waals surface area contributed by atoms with Gasteiger partial charge in [-0.05, 0) is 70.8 Å². The fourth-order valence-electron chi connectivity index (χ4n) is 7.39. The number of nitrogens with one attached hydrogen (secondary N) is 2. The monoisotopic (exact) mass is 874 g/mol. The quantitative estimate of drug-likeness (QED) is 0.0693. The summed E-state index contributed by atoms with van der Waals surface area (Å²) in [5, 5.41) is 31.5. The van der Waals surface area contributed by atoms with E-state index in [9.17, 15) is 49.0 Å². The van der Waals surface area contributed by atoms with E-state index in [0.29, 0.717) is 87.7 Å². The lowest BCUT2D eigenvalue weighted by molar-refractivity contribution is -0.387. The van der Waals surface area contributed by atoms with Crippen molar-refractivity contribution < 1.29 is 38.6 Å². The molecule has 324 valence electrons. The summed E-state index contributed by atoms with van der Waals surface area (Å²) in [6.07, 6.45) is 6.39. The van der Waals surface area contributed by atoms with Crippen LogP contribution in [-0.4, -0.2) is 118 Å². The lowest BCUT2D eigenvalue weighted by Gasteiger charge is -2.33. The zero-order valence-corrected chi connectivity index (χ0v) is 35.0. The Morgan fingerprint density at radius 1 is 0.571 bits per heavy atom. The molecule has 0 radical (unpaired) electrons. The summed E-state index contributed by atoms with van der Waals surface area (Å²) in [7, 11) is 0. The van der Waals surface area contributed by atoms with Gasteiger partial charge in [0.2, 0.25) is 36.4 Å². The second-order valence-electron chi connectivity index (χ2n) is 14.4. The maximum absolute atomic E-state index is 13.3. The van der Waals surface area contributed by atoms with Crippen molar-refractivity contribution in [2.24, 2.45) is 0 Å². The number of anilines is 2. The molecule has 0 spiro atoms. The van der Waals surface area contributed by atoms with Gasteiger partial charge in [-0.3, -0.25) is 49.0 Å². The zero-order chi connectivity index (χ0) is 45.2. The van der Waals surface area contributed by atoms with Crippen LogP contribution in [-0.2, 0) is 28.8 Å². The topological polar surface area (TPSA) is 226 Å². The van der Waals surface area contributed by atoms with Gasteiger partial charge in [0.25, 0.3) is 11.4 Å². The third kappa shape index (κ3) is 10.6. The highest BCUT2D eigenvalue weighted by molar-refractivity contribution is 7.99. The van der Waals surface area contributed by atoms with Crippen molar-refractivity contribution in [3.05, 3.63) is 116 Å². The minimum Gasteiger partial charge on any atom is -0.339 e. The van der Waals surface area contributed by atoms with Crippen molar-refractivity contribution in [3.63, 3.8) is 0 Å². The van der Waals surface area contributed by atoms with E-state index in [1.807, 2.05) is 0 Å². The number of rotatable bonds is 14. The van der Waals surface area contributed by atoms with Gasteiger partial charge in [-0.2, -0.15) is 0 Å². The van der Waals surface area contributed by atoms with Crippen molar-refractivity contribution in [1.29, 1.82) is 0 Å². The number of benzene rings is 4. The van der Waals surface area contributed by atoms with E-state index in [1.165, 1.54) is 62.4 Å².